The van der Waals surface area contributed by atoms with E-state index in [1.54, 1.807) is 32.0 Å². The second-order valence-corrected chi connectivity index (χ2v) is 7.96. The summed E-state index contributed by atoms with van der Waals surface area (Å²) in [5.74, 6) is -1.19. The van der Waals surface area contributed by atoms with Crippen molar-refractivity contribution < 1.29 is 32.2 Å². The lowest BCUT2D eigenvalue weighted by molar-refractivity contribution is -0.136. The largest absolute Gasteiger partial charge is 0.493 e. The van der Waals surface area contributed by atoms with Crippen LogP contribution in [0.25, 0.3) is 22.2 Å². The third-order valence-corrected chi connectivity index (χ3v) is 5.64. The molecule has 2 N–H and O–H groups in total. The summed E-state index contributed by atoms with van der Waals surface area (Å²) in [5.41, 5.74) is 0.664. The number of halogens is 4. The number of anilines is 1. The average molecular weight is 502 g/mol. The van der Waals surface area contributed by atoms with Gasteiger partial charge in [-0.3, -0.25) is 0 Å². The van der Waals surface area contributed by atoms with E-state index >= 15 is 0 Å². The molecule has 36 heavy (non-hydrogen) atoms. The van der Waals surface area contributed by atoms with Gasteiger partial charge in [0.05, 0.1) is 23.4 Å². The van der Waals surface area contributed by atoms with Gasteiger partial charge in [-0.25, -0.2) is 19.2 Å². The van der Waals surface area contributed by atoms with Crippen molar-refractivity contribution in [3.8, 4) is 17.0 Å². The molecular weight excluding hydrogens is 480 g/mol. The lowest BCUT2D eigenvalue weighted by Crippen LogP contribution is -2.13. The van der Waals surface area contributed by atoms with E-state index in [0.717, 1.165) is 12.1 Å². The van der Waals surface area contributed by atoms with Crippen LogP contribution in [0.5, 0.6) is 5.75 Å². The molecule has 0 aliphatic carbocycles. The minimum absolute atomic E-state index is 0.0308. The van der Waals surface area contributed by atoms with Crippen molar-refractivity contribution in [2.75, 3.05) is 18.5 Å². The minimum Gasteiger partial charge on any atom is -0.493 e. The van der Waals surface area contributed by atoms with E-state index in [1.165, 1.54) is 23.0 Å². The Bertz CT molecular complexity index is 1430. The fraction of sp³-hybridized carbons (Fsp3) is 0.240. The van der Waals surface area contributed by atoms with Crippen molar-refractivity contribution >= 4 is 22.7 Å². The maximum Gasteiger partial charge on any atom is 0.417 e. The predicted molar refractivity (Wildman–Crippen MR) is 126 cm³/mol. The zero-order chi connectivity index (χ0) is 26.0. The first-order valence-corrected chi connectivity index (χ1v) is 11.0. The minimum atomic E-state index is -4.59. The molecule has 0 fully saturated rings. The van der Waals surface area contributed by atoms with Crippen molar-refractivity contribution in [2.24, 2.45) is 0 Å². The monoisotopic (exact) mass is 502 g/mol. The molecule has 11 heteroatoms. The van der Waals surface area contributed by atoms with Gasteiger partial charge in [0, 0.05) is 35.8 Å². The highest BCUT2D eigenvalue weighted by Crippen LogP contribution is 2.37. The van der Waals surface area contributed by atoms with Gasteiger partial charge in [-0.2, -0.15) is 13.2 Å². The van der Waals surface area contributed by atoms with E-state index < -0.39 is 23.5 Å². The molecule has 0 aliphatic heterocycles. The zero-order valence-corrected chi connectivity index (χ0v) is 19.4. The lowest BCUT2D eigenvalue weighted by atomic mass is 10.1. The summed E-state index contributed by atoms with van der Waals surface area (Å²) in [7, 11) is 0. The van der Waals surface area contributed by atoms with Crippen LogP contribution in [0, 0.1) is 12.7 Å². The number of aromatic carboxylic acids is 1. The number of aromatic nitrogens is 3. The van der Waals surface area contributed by atoms with Gasteiger partial charge in [-0.15, -0.1) is 0 Å². The second kappa shape index (κ2) is 9.84. The third-order valence-electron chi connectivity index (χ3n) is 5.64. The standard InChI is InChI=1S/C25H22F4N4O3/c1-3-36-21-11-15(4-5-16(21)24(34)35)20-12-22(32-13-31-20)30-8-9-33-14(2)10-17-18(25(27,28)29)6-7-19(26)23(17)33/h4-7,10-13H,3,8-9H2,1-2H3,(H,34,35)(H,30,31,32). The number of alkyl halides is 3. The first-order valence-electron chi connectivity index (χ1n) is 11.0. The van der Waals surface area contributed by atoms with Crippen molar-refractivity contribution in [3.63, 3.8) is 0 Å². The van der Waals surface area contributed by atoms with Crippen molar-refractivity contribution in [2.45, 2.75) is 26.6 Å². The second-order valence-electron chi connectivity index (χ2n) is 7.96. The molecular formula is C25H22F4N4O3. The Morgan fingerprint density at radius 3 is 2.61 bits per heavy atom. The number of hydrogen-bond acceptors (Lipinski definition) is 5. The summed E-state index contributed by atoms with van der Waals surface area (Å²) in [6, 6.07) is 9.18. The molecule has 0 saturated carbocycles. The molecule has 4 rings (SSSR count). The molecule has 0 amide bonds. The number of hydrogen-bond donors (Lipinski definition) is 2. The van der Waals surface area contributed by atoms with Gasteiger partial charge in [0.15, 0.2) is 0 Å². The van der Waals surface area contributed by atoms with Gasteiger partial charge in [0.2, 0.25) is 0 Å². The molecule has 4 aromatic rings. The number of nitrogens with one attached hydrogen (secondary N) is 1. The van der Waals surface area contributed by atoms with Crippen LogP contribution in [0.3, 0.4) is 0 Å². The van der Waals surface area contributed by atoms with E-state index in [-0.39, 0.29) is 35.3 Å². The zero-order valence-electron chi connectivity index (χ0n) is 19.4. The van der Waals surface area contributed by atoms with Crippen molar-refractivity contribution in [1.82, 2.24) is 14.5 Å². The number of nitrogens with zero attached hydrogens (tertiary/aromatic N) is 3. The fourth-order valence-electron chi connectivity index (χ4n) is 4.04. The molecule has 2 aromatic carbocycles. The summed E-state index contributed by atoms with van der Waals surface area (Å²) in [6.07, 6.45) is -3.26. The summed E-state index contributed by atoms with van der Waals surface area (Å²) in [6.45, 7) is 4.10. The Balaban J connectivity index is 1.55. The maximum absolute atomic E-state index is 14.5. The van der Waals surface area contributed by atoms with E-state index in [0.29, 0.717) is 29.4 Å². The summed E-state index contributed by atoms with van der Waals surface area (Å²) in [5, 5.41) is 12.2. The molecule has 2 aromatic heterocycles. The van der Waals surface area contributed by atoms with Gasteiger partial charge >= 0.3 is 12.1 Å². The molecule has 0 saturated heterocycles. The van der Waals surface area contributed by atoms with Crippen LogP contribution in [-0.4, -0.2) is 38.8 Å². The van der Waals surface area contributed by atoms with E-state index in [4.69, 9.17) is 4.74 Å². The summed E-state index contributed by atoms with van der Waals surface area (Å²) < 4.78 is 61.6. The topological polar surface area (TPSA) is 89.3 Å². The molecule has 0 unspecified atom stereocenters. The molecule has 0 radical (unpaired) electrons. The van der Waals surface area contributed by atoms with Crippen LogP contribution in [0.4, 0.5) is 23.4 Å². The number of ether oxygens (including phenoxy) is 1. The van der Waals surface area contributed by atoms with E-state index in [1.807, 2.05) is 0 Å². The molecule has 0 atom stereocenters. The maximum atomic E-state index is 14.5. The highest BCUT2D eigenvalue weighted by Gasteiger charge is 2.34. The number of rotatable bonds is 8. The average Bonchev–Trinajstić information content (AvgIpc) is 3.15. The Morgan fingerprint density at radius 1 is 1.14 bits per heavy atom. The quantitative estimate of drug-likeness (QED) is 0.297. The van der Waals surface area contributed by atoms with Crippen LogP contribution in [0.2, 0.25) is 0 Å². The van der Waals surface area contributed by atoms with Crippen LogP contribution in [0.1, 0.15) is 28.5 Å². The highest BCUT2D eigenvalue weighted by molar-refractivity contribution is 5.92. The molecule has 7 nitrogen and oxygen atoms in total. The van der Waals surface area contributed by atoms with E-state index in [2.05, 4.69) is 15.3 Å². The molecule has 0 spiro atoms. The van der Waals surface area contributed by atoms with Crippen molar-refractivity contribution in [3.05, 3.63) is 71.4 Å². The molecule has 2 heterocycles. The number of carboxylic acid groups (broad SMARTS) is 1. The summed E-state index contributed by atoms with van der Waals surface area (Å²) >= 11 is 0. The van der Waals surface area contributed by atoms with Crippen LogP contribution in [0.15, 0.2) is 48.8 Å². The smallest absolute Gasteiger partial charge is 0.417 e. The summed E-state index contributed by atoms with van der Waals surface area (Å²) in [4.78, 5) is 19.8. The number of benzene rings is 2. The molecule has 0 aliphatic rings. The number of carbonyl (C=O) groups is 1. The molecule has 188 valence electrons. The SMILES string of the molecule is CCOc1cc(-c2cc(NCCn3c(C)cc4c(C(F)(F)F)ccc(F)c43)ncn2)ccc1C(=O)O. The Hall–Kier alpha value is -4.15. The highest BCUT2D eigenvalue weighted by atomic mass is 19.4. The van der Waals surface area contributed by atoms with Crippen molar-refractivity contribution in [1.29, 1.82) is 0 Å². The van der Waals surface area contributed by atoms with Gasteiger partial charge in [0.25, 0.3) is 0 Å². The fourth-order valence-corrected chi connectivity index (χ4v) is 4.04. The number of aryl methyl sites for hydroxylation is 1. The predicted octanol–water partition coefficient (Wildman–Crippen LogP) is 5.77. The van der Waals surface area contributed by atoms with Crippen LogP contribution >= 0.6 is 0 Å². The Morgan fingerprint density at radius 2 is 1.92 bits per heavy atom. The Kier molecular flexibility index (Phi) is 6.82. The molecule has 0 bridgehead atoms. The Labute approximate surface area is 203 Å². The number of fused-ring (bicyclic) bond motifs is 1. The van der Waals surface area contributed by atoms with E-state index in [9.17, 15) is 27.5 Å². The normalized spacial score (nSPS) is 11.6. The van der Waals surface area contributed by atoms with Crippen LogP contribution in [-0.2, 0) is 12.7 Å². The first kappa shape index (κ1) is 25.0. The number of carboxylic acids is 1. The lowest BCUT2D eigenvalue weighted by Gasteiger charge is -2.13. The van der Waals surface area contributed by atoms with Gasteiger partial charge in [-0.1, -0.05) is 6.07 Å². The van der Waals surface area contributed by atoms with Gasteiger partial charge in [0.1, 0.15) is 29.3 Å². The van der Waals surface area contributed by atoms with Gasteiger partial charge < -0.3 is 19.7 Å². The van der Waals surface area contributed by atoms with Crippen LogP contribution < -0.4 is 10.1 Å². The van der Waals surface area contributed by atoms with Gasteiger partial charge in [-0.05, 0) is 44.2 Å². The third kappa shape index (κ3) is 4.95. The first-order chi connectivity index (χ1) is 17.1.